The molecule has 1 N–H and O–H groups in total. The van der Waals surface area contributed by atoms with E-state index in [-0.39, 0.29) is 0 Å². The lowest BCUT2D eigenvalue weighted by molar-refractivity contribution is 0.173. The molecule has 1 saturated heterocycles. The highest BCUT2D eigenvalue weighted by Crippen LogP contribution is 2.23. The van der Waals surface area contributed by atoms with E-state index in [1.807, 2.05) is 0 Å². The van der Waals surface area contributed by atoms with Crippen LogP contribution in [-0.2, 0) is 0 Å². The van der Waals surface area contributed by atoms with Gasteiger partial charge in [-0.3, -0.25) is 4.90 Å². The summed E-state index contributed by atoms with van der Waals surface area (Å²) in [5.74, 6) is 0. The van der Waals surface area contributed by atoms with Gasteiger partial charge in [0.2, 0.25) is 0 Å². The zero-order valence-electron chi connectivity index (χ0n) is 13.1. The Morgan fingerprint density at radius 1 is 0.950 bits per heavy atom. The van der Waals surface area contributed by atoms with Gasteiger partial charge in [-0.15, -0.1) is 0 Å². The monoisotopic (exact) mass is 274 g/mol. The summed E-state index contributed by atoms with van der Waals surface area (Å²) in [6.07, 6.45) is 6.93. The van der Waals surface area contributed by atoms with Crippen LogP contribution in [0.2, 0.25) is 0 Å². The molecule has 0 aliphatic carbocycles. The van der Waals surface area contributed by atoms with E-state index in [2.05, 4.69) is 54.4 Å². The Kier molecular flexibility index (Phi) is 6.55. The summed E-state index contributed by atoms with van der Waals surface area (Å²) in [6.45, 7) is 8.02. The molecule has 1 aromatic carbocycles. The standard InChI is InChI=1S/C18H30N2/c1-16(2)19-15-18(17-11-7-6-8-12-17)20-13-9-4-3-5-10-14-20/h6-8,11-12,16,18-19H,3-5,9-10,13-15H2,1-2H3. The largest absolute Gasteiger partial charge is 0.313 e. The normalized spacial score (nSPS) is 19.6. The second-order valence-corrected chi connectivity index (χ2v) is 6.29. The number of benzene rings is 1. The Hall–Kier alpha value is -0.860. The molecule has 112 valence electrons. The maximum absolute atomic E-state index is 3.64. The van der Waals surface area contributed by atoms with Crippen LogP contribution in [0.4, 0.5) is 0 Å². The second-order valence-electron chi connectivity index (χ2n) is 6.29. The quantitative estimate of drug-likeness (QED) is 0.873. The first-order valence-electron chi connectivity index (χ1n) is 8.30. The molecule has 20 heavy (non-hydrogen) atoms. The van der Waals surface area contributed by atoms with Gasteiger partial charge in [0.25, 0.3) is 0 Å². The van der Waals surface area contributed by atoms with Crippen molar-refractivity contribution in [2.75, 3.05) is 19.6 Å². The molecular formula is C18H30N2. The lowest BCUT2D eigenvalue weighted by Gasteiger charge is -2.34. The van der Waals surface area contributed by atoms with Crippen LogP contribution < -0.4 is 5.32 Å². The van der Waals surface area contributed by atoms with E-state index in [0.717, 1.165) is 6.54 Å². The van der Waals surface area contributed by atoms with E-state index >= 15 is 0 Å². The molecular weight excluding hydrogens is 244 g/mol. The summed E-state index contributed by atoms with van der Waals surface area (Å²) < 4.78 is 0. The van der Waals surface area contributed by atoms with Gasteiger partial charge in [-0.2, -0.15) is 0 Å². The summed E-state index contributed by atoms with van der Waals surface area (Å²) >= 11 is 0. The molecule has 1 atom stereocenters. The van der Waals surface area contributed by atoms with Gasteiger partial charge in [-0.1, -0.05) is 63.4 Å². The Labute approximate surface area is 124 Å². The first-order valence-corrected chi connectivity index (χ1v) is 8.30. The van der Waals surface area contributed by atoms with Gasteiger partial charge in [-0.25, -0.2) is 0 Å². The van der Waals surface area contributed by atoms with E-state index < -0.39 is 0 Å². The number of rotatable bonds is 5. The van der Waals surface area contributed by atoms with Crippen LogP contribution in [0.1, 0.15) is 57.6 Å². The number of nitrogens with zero attached hydrogens (tertiary/aromatic N) is 1. The van der Waals surface area contributed by atoms with E-state index in [1.54, 1.807) is 0 Å². The molecule has 2 nitrogen and oxygen atoms in total. The molecule has 1 unspecified atom stereocenters. The highest BCUT2D eigenvalue weighted by molar-refractivity contribution is 5.19. The van der Waals surface area contributed by atoms with E-state index in [4.69, 9.17) is 0 Å². The van der Waals surface area contributed by atoms with Crippen LogP contribution in [0.15, 0.2) is 30.3 Å². The third-order valence-corrected chi connectivity index (χ3v) is 4.24. The van der Waals surface area contributed by atoms with Gasteiger partial charge in [0.15, 0.2) is 0 Å². The van der Waals surface area contributed by atoms with Gasteiger partial charge in [0.1, 0.15) is 0 Å². The van der Waals surface area contributed by atoms with Crippen molar-refractivity contribution in [2.24, 2.45) is 0 Å². The van der Waals surface area contributed by atoms with E-state index in [0.29, 0.717) is 12.1 Å². The van der Waals surface area contributed by atoms with Crippen molar-refractivity contribution in [1.29, 1.82) is 0 Å². The van der Waals surface area contributed by atoms with Crippen LogP contribution in [0.3, 0.4) is 0 Å². The molecule has 0 amide bonds. The van der Waals surface area contributed by atoms with Crippen molar-refractivity contribution in [3.8, 4) is 0 Å². The maximum atomic E-state index is 3.64. The topological polar surface area (TPSA) is 15.3 Å². The number of hydrogen-bond donors (Lipinski definition) is 1. The minimum atomic E-state index is 0.525. The van der Waals surface area contributed by atoms with Crippen molar-refractivity contribution in [2.45, 2.75) is 58.0 Å². The summed E-state index contributed by atoms with van der Waals surface area (Å²) in [7, 11) is 0. The summed E-state index contributed by atoms with van der Waals surface area (Å²) in [4.78, 5) is 2.70. The van der Waals surface area contributed by atoms with Crippen molar-refractivity contribution in [3.05, 3.63) is 35.9 Å². The second kappa shape index (κ2) is 8.43. The molecule has 1 aliphatic heterocycles. The van der Waals surface area contributed by atoms with Crippen LogP contribution in [0.25, 0.3) is 0 Å². The minimum absolute atomic E-state index is 0.525. The fourth-order valence-corrected chi connectivity index (χ4v) is 3.06. The molecule has 0 aromatic heterocycles. The zero-order chi connectivity index (χ0) is 14.2. The van der Waals surface area contributed by atoms with Gasteiger partial charge in [0.05, 0.1) is 0 Å². The van der Waals surface area contributed by atoms with E-state index in [1.165, 1.54) is 50.8 Å². The van der Waals surface area contributed by atoms with Gasteiger partial charge in [0, 0.05) is 18.6 Å². The van der Waals surface area contributed by atoms with Gasteiger partial charge >= 0.3 is 0 Å². The highest BCUT2D eigenvalue weighted by atomic mass is 15.2. The van der Waals surface area contributed by atoms with Crippen LogP contribution in [0, 0.1) is 0 Å². The predicted molar refractivity (Wildman–Crippen MR) is 87.0 cm³/mol. The number of likely N-dealkylation sites (tertiary alicyclic amines) is 1. The third-order valence-electron chi connectivity index (χ3n) is 4.24. The van der Waals surface area contributed by atoms with Crippen molar-refractivity contribution < 1.29 is 0 Å². The number of hydrogen-bond acceptors (Lipinski definition) is 2. The summed E-state index contributed by atoms with van der Waals surface area (Å²) in [5, 5.41) is 3.64. The summed E-state index contributed by atoms with van der Waals surface area (Å²) in [5.41, 5.74) is 1.46. The predicted octanol–water partition coefficient (Wildman–Crippen LogP) is 3.99. The first-order chi connectivity index (χ1) is 9.77. The molecule has 2 heteroatoms. The molecule has 1 heterocycles. The first kappa shape index (κ1) is 15.5. The minimum Gasteiger partial charge on any atom is -0.313 e. The fourth-order valence-electron chi connectivity index (χ4n) is 3.06. The summed E-state index contributed by atoms with van der Waals surface area (Å²) in [6, 6.07) is 12.1. The van der Waals surface area contributed by atoms with Crippen LogP contribution in [0.5, 0.6) is 0 Å². The average molecular weight is 274 g/mol. The molecule has 2 rings (SSSR count). The third kappa shape index (κ3) is 4.92. The van der Waals surface area contributed by atoms with Crippen LogP contribution >= 0.6 is 0 Å². The molecule has 0 saturated carbocycles. The molecule has 1 fully saturated rings. The van der Waals surface area contributed by atoms with Gasteiger partial charge in [-0.05, 0) is 31.5 Å². The Balaban J connectivity index is 2.07. The van der Waals surface area contributed by atoms with Crippen LogP contribution in [-0.4, -0.2) is 30.6 Å². The molecule has 0 radical (unpaired) electrons. The lowest BCUT2D eigenvalue weighted by Crippen LogP contribution is -2.39. The maximum Gasteiger partial charge on any atom is 0.0472 e. The Bertz CT molecular complexity index is 353. The SMILES string of the molecule is CC(C)NCC(c1ccccc1)N1CCCCCCC1. The smallest absolute Gasteiger partial charge is 0.0472 e. The number of nitrogens with one attached hydrogen (secondary N) is 1. The average Bonchev–Trinajstić information content (AvgIpc) is 2.41. The fraction of sp³-hybridized carbons (Fsp3) is 0.667. The van der Waals surface area contributed by atoms with Crippen molar-refractivity contribution in [3.63, 3.8) is 0 Å². The van der Waals surface area contributed by atoms with E-state index in [9.17, 15) is 0 Å². The molecule has 0 spiro atoms. The lowest BCUT2D eigenvalue weighted by atomic mass is 10.0. The highest BCUT2D eigenvalue weighted by Gasteiger charge is 2.20. The van der Waals surface area contributed by atoms with Crippen molar-refractivity contribution in [1.82, 2.24) is 10.2 Å². The molecule has 0 bridgehead atoms. The zero-order valence-corrected chi connectivity index (χ0v) is 13.1. The van der Waals surface area contributed by atoms with Crippen molar-refractivity contribution >= 4 is 0 Å². The Morgan fingerprint density at radius 2 is 1.55 bits per heavy atom. The molecule has 1 aromatic rings. The van der Waals surface area contributed by atoms with Gasteiger partial charge < -0.3 is 5.32 Å². The molecule has 1 aliphatic rings. The Morgan fingerprint density at radius 3 is 2.15 bits per heavy atom.